The molecular weight excluding hydrogens is 312 g/mol. The van der Waals surface area contributed by atoms with Crippen molar-refractivity contribution in [3.05, 3.63) is 47.7 Å². The number of carbonyl (C=O) groups excluding carboxylic acids is 2. The van der Waals surface area contributed by atoms with Crippen molar-refractivity contribution in [1.29, 1.82) is 0 Å². The topological polar surface area (TPSA) is 96.9 Å². The zero-order chi connectivity index (χ0) is 17.2. The molecule has 1 heterocycles. The Morgan fingerprint density at radius 3 is 2.67 bits per heavy atom. The van der Waals surface area contributed by atoms with Crippen LogP contribution in [0, 0.1) is 0 Å². The lowest BCUT2D eigenvalue weighted by Crippen LogP contribution is -2.38. The molecule has 7 heteroatoms. The highest BCUT2D eigenvalue weighted by Crippen LogP contribution is 2.08. The van der Waals surface area contributed by atoms with Crippen molar-refractivity contribution in [2.75, 3.05) is 19.7 Å². The Morgan fingerprint density at radius 2 is 1.96 bits per heavy atom. The Kier molecular flexibility index (Phi) is 7.25. The molecule has 1 aliphatic rings. The monoisotopic (exact) mass is 334 g/mol. The van der Waals surface area contributed by atoms with E-state index in [2.05, 4.69) is 20.4 Å². The molecule has 0 bridgehead atoms. The summed E-state index contributed by atoms with van der Waals surface area (Å²) < 4.78 is 0. The van der Waals surface area contributed by atoms with Gasteiger partial charge in [-0.2, -0.15) is 4.89 Å². The van der Waals surface area contributed by atoms with Gasteiger partial charge in [0.2, 0.25) is 5.91 Å². The van der Waals surface area contributed by atoms with Gasteiger partial charge < -0.3 is 20.6 Å². The fraction of sp³-hybridized carbons (Fsp3) is 0.412. The maximum Gasteiger partial charge on any atom is 0.250 e. The minimum atomic E-state index is -1.15. The second-order valence-corrected chi connectivity index (χ2v) is 5.40. The van der Waals surface area contributed by atoms with E-state index in [9.17, 15) is 14.7 Å². The first-order valence-corrected chi connectivity index (χ1v) is 7.92. The smallest absolute Gasteiger partial charge is 0.250 e. The Hall–Kier alpha value is -2.38. The minimum Gasteiger partial charge on any atom is -0.383 e. The Balaban J connectivity index is 1.61. The molecule has 0 aliphatic carbocycles. The van der Waals surface area contributed by atoms with Crippen LogP contribution in [0.2, 0.25) is 0 Å². The number of nitrogens with one attached hydrogen (secondary N) is 2. The molecule has 0 saturated heterocycles. The molecule has 0 spiro atoms. The normalized spacial score (nSPS) is 15.0. The maximum atomic E-state index is 11.8. The summed E-state index contributed by atoms with van der Waals surface area (Å²) in [6.07, 6.45) is 1.42. The Morgan fingerprint density at radius 1 is 1.17 bits per heavy atom. The summed E-state index contributed by atoms with van der Waals surface area (Å²) in [5, 5.41) is 15.1. The maximum absolute atomic E-state index is 11.8. The number of hydrogen-bond acceptors (Lipinski definition) is 5. The first-order valence-electron chi connectivity index (χ1n) is 7.92. The molecule has 2 amide bonds. The summed E-state index contributed by atoms with van der Waals surface area (Å²) in [5.41, 5.74) is 1.59. The largest absolute Gasteiger partial charge is 0.383 e. The average molecular weight is 334 g/mol. The molecule has 1 aromatic rings. The van der Waals surface area contributed by atoms with Crippen LogP contribution in [0.3, 0.4) is 0 Å². The lowest BCUT2D eigenvalue weighted by molar-refractivity contribution is -0.256. The van der Waals surface area contributed by atoms with Crippen molar-refractivity contribution in [2.45, 2.75) is 25.4 Å². The molecule has 0 saturated carbocycles. The highest BCUT2D eigenvalue weighted by atomic mass is 17.2. The van der Waals surface area contributed by atoms with Gasteiger partial charge >= 0.3 is 0 Å². The van der Waals surface area contributed by atoms with E-state index < -0.39 is 12.0 Å². The molecule has 130 valence electrons. The van der Waals surface area contributed by atoms with Gasteiger partial charge in [-0.05, 0) is 18.4 Å². The van der Waals surface area contributed by atoms with Crippen LogP contribution in [0.5, 0.6) is 0 Å². The fourth-order valence-corrected chi connectivity index (χ4v) is 2.18. The molecule has 1 unspecified atom stereocenters. The molecule has 2 rings (SSSR count). The van der Waals surface area contributed by atoms with Crippen molar-refractivity contribution in [3.63, 3.8) is 0 Å². The molecule has 0 radical (unpaired) electrons. The number of aliphatic hydroxyl groups is 1. The van der Waals surface area contributed by atoms with Crippen LogP contribution >= 0.6 is 0 Å². The average Bonchev–Trinajstić information content (AvgIpc) is 2.63. The third-order valence-corrected chi connectivity index (χ3v) is 3.57. The van der Waals surface area contributed by atoms with Crippen LogP contribution in [-0.2, 0) is 25.8 Å². The number of amides is 2. The quantitative estimate of drug-likeness (QED) is 0.600. The summed E-state index contributed by atoms with van der Waals surface area (Å²) >= 11 is 0. The van der Waals surface area contributed by atoms with Crippen LogP contribution in [0.1, 0.15) is 18.4 Å². The highest BCUT2D eigenvalue weighted by molar-refractivity contribution is 5.93. The first-order chi connectivity index (χ1) is 11.7. The van der Waals surface area contributed by atoms with Crippen LogP contribution in [0.15, 0.2) is 42.2 Å². The number of carbonyl (C=O) groups is 2. The van der Waals surface area contributed by atoms with Crippen LogP contribution in [0.4, 0.5) is 0 Å². The van der Waals surface area contributed by atoms with Gasteiger partial charge in [0.25, 0.3) is 5.91 Å². The van der Waals surface area contributed by atoms with E-state index in [1.807, 2.05) is 30.3 Å². The van der Waals surface area contributed by atoms with Crippen LogP contribution < -0.4 is 10.6 Å². The summed E-state index contributed by atoms with van der Waals surface area (Å²) in [6.45, 7) is 0.979. The van der Waals surface area contributed by atoms with Gasteiger partial charge in [-0.25, -0.2) is 0 Å². The third kappa shape index (κ3) is 6.02. The number of aliphatic hydroxyl groups excluding tert-OH is 1. The molecule has 1 aliphatic heterocycles. The summed E-state index contributed by atoms with van der Waals surface area (Å²) in [6, 6.07) is 9.77. The van der Waals surface area contributed by atoms with Crippen molar-refractivity contribution in [1.82, 2.24) is 10.6 Å². The number of benzene rings is 1. The highest BCUT2D eigenvalue weighted by Gasteiger charge is 2.17. The van der Waals surface area contributed by atoms with Gasteiger partial charge in [-0.15, -0.1) is 0 Å². The molecule has 1 atom stereocenters. The lowest BCUT2D eigenvalue weighted by Gasteiger charge is -2.14. The molecular formula is C17H22N2O5. The van der Waals surface area contributed by atoms with E-state index >= 15 is 0 Å². The summed E-state index contributed by atoms with van der Waals surface area (Å²) in [7, 11) is 0. The minimum absolute atomic E-state index is 0.146. The van der Waals surface area contributed by atoms with E-state index in [-0.39, 0.29) is 18.9 Å². The molecule has 0 fully saturated rings. The van der Waals surface area contributed by atoms with E-state index in [0.29, 0.717) is 31.6 Å². The van der Waals surface area contributed by atoms with E-state index in [4.69, 9.17) is 0 Å². The first kappa shape index (κ1) is 18.0. The van der Waals surface area contributed by atoms with Gasteiger partial charge in [-0.1, -0.05) is 30.3 Å². The van der Waals surface area contributed by atoms with Gasteiger partial charge in [0.05, 0.1) is 12.2 Å². The number of hydrogen-bond donors (Lipinski definition) is 3. The summed E-state index contributed by atoms with van der Waals surface area (Å²) in [5.74, 6) is -0.719. The van der Waals surface area contributed by atoms with Crippen molar-refractivity contribution in [3.8, 4) is 0 Å². The standard InChI is InChI=1S/C17H22N2O5/c20-15(7-10-18-16(21)14-8-11-23-24-12-14)17(22)19-9-6-13-4-2-1-3-5-13/h1-5,12,15,20H,6-11H2,(H,18,21)(H,19,22). The van der Waals surface area contributed by atoms with E-state index in [1.165, 1.54) is 6.26 Å². The predicted octanol–water partition coefficient (Wildman–Crippen LogP) is 0.448. The zero-order valence-electron chi connectivity index (χ0n) is 13.4. The van der Waals surface area contributed by atoms with Crippen LogP contribution in [0.25, 0.3) is 0 Å². The molecule has 3 N–H and O–H groups in total. The SMILES string of the molecule is O=C(NCCC(O)C(=O)NCCc1ccccc1)C1=COOCC1. The van der Waals surface area contributed by atoms with Crippen molar-refractivity contribution in [2.24, 2.45) is 0 Å². The summed E-state index contributed by atoms with van der Waals surface area (Å²) in [4.78, 5) is 32.8. The molecule has 7 nitrogen and oxygen atoms in total. The lowest BCUT2D eigenvalue weighted by atomic mass is 10.1. The van der Waals surface area contributed by atoms with Gasteiger partial charge in [0.1, 0.15) is 12.4 Å². The van der Waals surface area contributed by atoms with E-state index in [1.54, 1.807) is 0 Å². The fourth-order valence-electron chi connectivity index (χ4n) is 2.18. The zero-order valence-corrected chi connectivity index (χ0v) is 13.4. The van der Waals surface area contributed by atoms with Gasteiger partial charge in [0.15, 0.2) is 0 Å². The molecule has 24 heavy (non-hydrogen) atoms. The van der Waals surface area contributed by atoms with Gasteiger partial charge in [-0.3, -0.25) is 9.59 Å². The second-order valence-electron chi connectivity index (χ2n) is 5.40. The molecule has 1 aromatic carbocycles. The van der Waals surface area contributed by atoms with Crippen molar-refractivity contribution >= 4 is 11.8 Å². The Bertz CT molecular complexity index is 574. The second kappa shape index (κ2) is 9.69. The van der Waals surface area contributed by atoms with Crippen LogP contribution in [-0.4, -0.2) is 42.7 Å². The molecule has 0 aromatic heterocycles. The van der Waals surface area contributed by atoms with E-state index in [0.717, 1.165) is 5.56 Å². The number of rotatable bonds is 8. The predicted molar refractivity (Wildman–Crippen MR) is 86.5 cm³/mol. The van der Waals surface area contributed by atoms with Crippen molar-refractivity contribution < 1.29 is 24.5 Å². The third-order valence-electron chi connectivity index (χ3n) is 3.57. The van der Waals surface area contributed by atoms with Gasteiger partial charge in [0, 0.05) is 19.5 Å². The Labute approximate surface area is 140 Å².